The lowest BCUT2D eigenvalue weighted by Gasteiger charge is -2.22. The number of hydrogen-bond donors (Lipinski definition) is 1. The second-order valence-electron chi connectivity index (χ2n) is 8.86. The van der Waals surface area contributed by atoms with E-state index in [1.54, 1.807) is 18.5 Å². The van der Waals surface area contributed by atoms with E-state index in [1.807, 2.05) is 36.4 Å². The number of nitrogens with zero attached hydrogens (tertiary/aromatic N) is 4. The topological polar surface area (TPSA) is 105 Å². The van der Waals surface area contributed by atoms with Gasteiger partial charge >= 0.3 is 12.3 Å². The number of carbonyl (C=O) groups is 2. The molecule has 3 aromatic carbocycles. The van der Waals surface area contributed by atoms with Crippen LogP contribution in [0.2, 0.25) is 0 Å². The highest BCUT2D eigenvalue weighted by atomic mass is 19.4. The molecule has 1 aromatic heterocycles. The number of alkyl halides is 3. The minimum Gasteiger partial charge on any atom is -0.481 e. The third kappa shape index (κ3) is 6.03. The highest BCUT2D eigenvalue weighted by Gasteiger charge is 2.34. The van der Waals surface area contributed by atoms with Gasteiger partial charge in [0.25, 0.3) is 0 Å². The molecule has 2 heterocycles. The van der Waals surface area contributed by atoms with Crippen LogP contribution in [-0.2, 0) is 9.59 Å². The minimum atomic E-state index is -4.77. The van der Waals surface area contributed by atoms with E-state index in [4.69, 9.17) is 5.11 Å². The molecule has 1 unspecified atom stereocenters. The summed E-state index contributed by atoms with van der Waals surface area (Å²) in [4.78, 5) is 32.7. The molecule has 198 valence electrons. The Morgan fingerprint density at radius 1 is 0.897 bits per heavy atom. The summed E-state index contributed by atoms with van der Waals surface area (Å²) in [6.45, 7) is 0. The molecule has 0 radical (unpaired) electrons. The third-order valence-corrected chi connectivity index (χ3v) is 6.21. The summed E-state index contributed by atoms with van der Waals surface area (Å²) in [6.07, 6.45) is -1.77. The largest absolute Gasteiger partial charge is 0.573 e. The first-order valence-corrected chi connectivity index (χ1v) is 11.9. The van der Waals surface area contributed by atoms with Crippen LogP contribution in [0.25, 0.3) is 22.2 Å². The van der Waals surface area contributed by atoms with Gasteiger partial charge in [-0.05, 0) is 52.6 Å². The molecule has 0 aliphatic carbocycles. The molecule has 1 N–H and O–H groups in total. The van der Waals surface area contributed by atoms with Gasteiger partial charge < -0.3 is 9.84 Å². The van der Waals surface area contributed by atoms with Crippen molar-refractivity contribution in [2.45, 2.75) is 31.7 Å². The maximum Gasteiger partial charge on any atom is 0.573 e. The molecule has 1 aliphatic rings. The molecule has 39 heavy (non-hydrogen) atoms. The second kappa shape index (κ2) is 10.5. The molecule has 1 atom stereocenters. The van der Waals surface area contributed by atoms with Crippen LogP contribution in [0.5, 0.6) is 5.75 Å². The Labute approximate surface area is 220 Å². The molecular formula is C28H21F3N4O4. The van der Waals surface area contributed by atoms with E-state index in [9.17, 15) is 22.8 Å². The van der Waals surface area contributed by atoms with Crippen molar-refractivity contribution in [2.75, 3.05) is 0 Å². The predicted octanol–water partition coefficient (Wildman–Crippen LogP) is 5.74. The maximum atomic E-state index is 13.0. The van der Waals surface area contributed by atoms with E-state index in [2.05, 4.69) is 19.8 Å². The summed E-state index contributed by atoms with van der Waals surface area (Å²) in [7, 11) is 0. The quantitative estimate of drug-likeness (QED) is 0.324. The number of aromatic nitrogens is 2. The van der Waals surface area contributed by atoms with Gasteiger partial charge in [-0.2, -0.15) is 5.10 Å². The molecule has 8 nitrogen and oxygen atoms in total. The number of carbonyl (C=O) groups excluding carboxylic acids is 1. The van der Waals surface area contributed by atoms with E-state index in [0.29, 0.717) is 28.7 Å². The number of amides is 1. The number of ether oxygens (including phenoxy) is 1. The predicted molar refractivity (Wildman–Crippen MR) is 136 cm³/mol. The van der Waals surface area contributed by atoms with Crippen LogP contribution in [-0.4, -0.2) is 44.0 Å². The molecule has 0 bridgehead atoms. The van der Waals surface area contributed by atoms with Crippen molar-refractivity contribution in [2.24, 2.45) is 5.10 Å². The molecule has 1 amide bonds. The maximum absolute atomic E-state index is 13.0. The van der Waals surface area contributed by atoms with Crippen LogP contribution >= 0.6 is 0 Å². The van der Waals surface area contributed by atoms with E-state index >= 15 is 0 Å². The molecule has 0 saturated carbocycles. The molecule has 0 fully saturated rings. The molecule has 0 saturated heterocycles. The number of halogens is 3. The SMILES string of the molecule is O=C(O)CCC(=O)N1N=C(c2cccc(-c3ccc(OC(F)(F)F)cc3)c2)CC1c1ccc2nccnc2c1. The third-order valence-electron chi connectivity index (χ3n) is 6.21. The van der Waals surface area contributed by atoms with Gasteiger partial charge in [0.15, 0.2) is 0 Å². The first-order valence-electron chi connectivity index (χ1n) is 11.9. The zero-order valence-electron chi connectivity index (χ0n) is 20.3. The van der Waals surface area contributed by atoms with Gasteiger partial charge in [0.05, 0.1) is 29.2 Å². The lowest BCUT2D eigenvalue weighted by atomic mass is 9.95. The van der Waals surface area contributed by atoms with Gasteiger partial charge in [-0.3, -0.25) is 19.6 Å². The summed E-state index contributed by atoms with van der Waals surface area (Å²) in [5, 5.41) is 15.0. The van der Waals surface area contributed by atoms with Crippen LogP contribution in [0.1, 0.15) is 36.4 Å². The lowest BCUT2D eigenvalue weighted by molar-refractivity contribution is -0.274. The van der Waals surface area contributed by atoms with Crippen molar-refractivity contribution in [1.82, 2.24) is 15.0 Å². The Morgan fingerprint density at radius 2 is 1.62 bits per heavy atom. The van der Waals surface area contributed by atoms with Gasteiger partial charge in [-0.25, -0.2) is 5.01 Å². The Kier molecular flexibility index (Phi) is 6.97. The molecule has 11 heteroatoms. The van der Waals surface area contributed by atoms with Crippen LogP contribution in [0.3, 0.4) is 0 Å². The summed E-state index contributed by atoms with van der Waals surface area (Å²) >= 11 is 0. The summed E-state index contributed by atoms with van der Waals surface area (Å²) in [5.74, 6) is -1.82. The zero-order valence-corrected chi connectivity index (χ0v) is 20.3. The average molecular weight is 534 g/mol. The van der Waals surface area contributed by atoms with Crippen LogP contribution in [0.4, 0.5) is 13.2 Å². The molecule has 4 aromatic rings. The Morgan fingerprint density at radius 3 is 2.33 bits per heavy atom. The number of hydrazone groups is 1. The van der Waals surface area contributed by atoms with Gasteiger partial charge in [0, 0.05) is 25.2 Å². The van der Waals surface area contributed by atoms with Gasteiger partial charge in [0.2, 0.25) is 5.91 Å². The van der Waals surface area contributed by atoms with Crippen LogP contribution < -0.4 is 4.74 Å². The lowest BCUT2D eigenvalue weighted by Crippen LogP contribution is -2.27. The normalized spacial score (nSPS) is 15.3. The second-order valence-corrected chi connectivity index (χ2v) is 8.86. The van der Waals surface area contributed by atoms with Gasteiger partial charge in [0.1, 0.15) is 5.75 Å². The van der Waals surface area contributed by atoms with E-state index in [1.165, 1.54) is 29.3 Å². The minimum absolute atomic E-state index is 0.206. The smallest absolute Gasteiger partial charge is 0.481 e. The number of rotatable bonds is 7. The number of aliphatic carboxylic acids is 1. The number of hydrogen-bond acceptors (Lipinski definition) is 6. The molecule has 1 aliphatic heterocycles. The number of benzene rings is 3. The van der Waals surface area contributed by atoms with Crippen molar-refractivity contribution >= 4 is 28.6 Å². The van der Waals surface area contributed by atoms with E-state index in [0.717, 1.165) is 16.7 Å². The van der Waals surface area contributed by atoms with E-state index < -0.39 is 24.3 Å². The van der Waals surface area contributed by atoms with Crippen LogP contribution in [0.15, 0.2) is 84.2 Å². The highest BCUT2D eigenvalue weighted by molar-refractivity contribution is 6.04. The molecule has 0 spiro atoms. The van der Waals surface area contributed by atoms with Crippen molar-refractivity contribution in [3.05, 3.63) is 90.3 Å². The summed E-state index contributed by atoms with van der Waals surface area (Å²) < 4.78 is 41.4. The summed E-state index contributed by atoms with van der Waals surface area (Å²) in [5.41, 5.74) is 4.88. The Bertz CT molecular complexity index is 1570. The van der Waals surface area contributed by atoms with Crippen molar-refractivity contribution in [3.8, 4) is 16.9 Å². The number of fused-ring (bicyclic) bond motifs is 1. The first-order chi connectivity index (χ1) is 18.7. The van der Waals surface area contributed by atoms with E-state index in [-0.39, 0.29) is 18.6 Å². The fourth-order valence-corrected chi connectivity index (χ4v) is 4.42. The van der Waals surface area contributed by atoms with Crippen molar-refractivity contribution in [1.29, 1.82) is 0 Å². The van der Waals surface area contributed by atoms with Crippen molar-refractivity contribution in [3.63, 3.8) is 0 Å². The first kappa shape index (κ1) is 25.8. The van der Waals surface area contributed by atoms with Crippen molar-refractivity contribution < 1.29 is 32.6 Å². The highest BCUT2D eigenvalue weighted by Crippen LogP contribution is 2.35. The van der Waals surface area contributed by atoms with Gasteiger partial charge in [-0.15, -0.1) is 13.2 Å². The summed E-state index contributed by atoms with van der Waals surface area (Å²) in [6, 6.07) is 17.8. The number of carboxylic acid groups (broad SMARTS) is 1. The van der Waals surface area contributed by atoms with Gasteiger partial charge in [-0.1, -0.05) is 36.4 Å². The molecule has 5 rings (SSSR count). The Hall–Kier alpha value is -4.80. The standard InChI is InChI=1S/C28H21F3N4O4/c29-28(30,31)39-21-7-4-17(5-8-21)18-2-1-3-19(14-18)23-16-25(35(34-23)26(36)10-11-27(37)38)20-6-9-22-24(15-20)33-13-12-32-22/h1-9,12-15,25H,10-11,16H2,(H,37,38). The monoisotopic (exact) mass is 534 g/mol. The fraction of sp³-hybridized carbons (Fsp3) is 0.179. The average Bonchev–Trinajstić information content (AvgIpc) is 3.37. The fourth-order valence-electron chi connectivity index (χ4n) is 4.42. The van der Waals surface area contributed by atoms with Crippen LogP contribution in [0, 0.1) is 0 Å². The zero-order chi connectivity index (χ0) is 27.6. The molecular weight excluding hydrogens is 513 g/mol. The Balaban J connectivity index is 1.45. The number of carboxylic acids is 1.